The number of aromatic nitrogens is 1. The highest BCUT2D eigenvalue weighted by atomic mass is 35.5. The van der Waals surface area contributed by atoms with Crippen molar-refractivity contribution in [2.45, 2.75) is 69.7 Å². The Bertz CT molecular complexity index is 1100. The Balaban J connectivity index is 1.36. The molecule has 2 bridgehead atoms. The summed E-state index contributed by atoms with van der Waals surface area (Å²) >= 11 is 6.05. The van der Waals surface area contributed by atoms with Gasteiger partial charge in [0, 0.05) is 24.3 Å². The van der Waals surface area contributed by atoms with Crippen LogP contribution in [0.3, 0.4) is 0 Å². The van der Waals surface area contributed by atoms with Gasteiger partial charge < -0.3 is 20.3 Å². The quantitative estimate of drug-likeness (QED) is 0.537. The molecule has 4 rings (SSSR count). The summed E-state index contributed by atoms with van der Waals surface area (Å²) in [6.07, 6.45) is 2.10. The van der Waals surface area contributed by atoms with E-state index in [2.05, 4.69) is 20.5 Å². The van der Waals surface area contributed by atoms with E-state index in [-0.39, 0.29) is 40.4 Å². The predicted octanol–water partition coefficient (Wildman–Crippen LogP) is 4.34. The molecule has 2 N–H and O–H groups in total. The first-order chi connectivity index (χ1) is 17.0. The number of benzene rings is 1. The van der Waals surface area contributed by atoms with Crippen LogP contribution in [0.5, 0.6) is 5.75 Å². The number of alkyl halides is 2. The van der Waals surface area contributed by atoms with Crippen molar-refractivity contribution in [2.24, 2.45) is 0 Å². The van der Waals surface area contributed by atoms with Gasteiger partial charge in [0.25, 0.3) is 18.2 Å². The molecule has 2 saturated heterocycles. The van der Waals surface area contributed by atoms with Crippen molar-refractivity contribution in [3.8, 4) is 5.75 Å². The zero-order valence-electron chi connectivity index (χ0n) is 19.9. The lowest BCUT2D eigenvalue weighted by Gasteiger charge is -2.40. The third-order valence-electron chi connectivity index (χ3n) is 6.57. The number of carbonyl (C=O) groups excluding carboxylic acids is 2. The summed E-state index contributed by atoms with van der Waals surface area (Å²) < 4.78 is 43.8. The topological polar surface area (TPSA) is 83.6 Å². The molecule has 2 aliphatic heterocycles. The van der Waals surface area contributed by atoms with Crippen molar-refractivity contribution in [1.29, 1.82) is 0 Å². The monoisotopic (exact) mass is 524 g/mol. The largest absolute Gasteiger partial charge is 0.476 e. The average Bonchev–Trinajstić information content (AvgIpc) is 3.09. The van der Waals surface area contributed by atoms with E-state index in [0.717, 1.165) is 18.9 Å². The third kappa shape index (κ3) is 5.86. The van der Waals surface area contributed by atoms with Crippen LogP contribution < -0.4 is 20.3 Å². The molecule has 1 aromatic carbocycles. The minimum atomic E-state index is -2.61. The standard InChI is InChI=1S/C25H28ClF3N4O3/c1-25(2,36-20-7-4-15(27)9-19(20)26)24(35)32-16-10-17-5-6-18(11-16)33(17)22-8-3-14(12-30-22)23(34)31-13-21(28)29/h3-4,7-9,12,16-18,21H,5-6,10-11,13H2,1-2H3,(H,31,34)(H,32,35). The number of nitrogens with one attached hydrogen (secondary N) is 2. The van der Waals surface area contributed by atoms with Gasteiger partial charge >= 0.3 is 0 Å². The number of fused-ring (bicyclic) bond motifs is 2. The Hall–Kier alpha value is -3.01. The summed E-state index contributed by atoms with van der Waals surface area (Å²) in [5, 5.41) is 5.35. The van der Waals surface area contributed by atoms with Crippen LogP contribution >= 0.6 is 11.6 Å². The number of halogens is 4. The van der Waals surface area contributed by atoms with Gasteiger partial charge in [-0.25, -0.2) is 18.2 Å². The molecular formula is C25H28ClF3N4O3. The predicted molar refractivity (Wildman–Crippen MR) is 129 cm³/mol. The number of hydrogen-bond acceptors (Lipinski definition) is 5. The summed E-state index contributed by atoms with van der Waals surface area (Å²) in [5.41, 5.74) is -1.00. The normalized spacial score (nSPS) is 21.4. The highest BCUT2D eigenvalue weighted by molar-refractivity contribution is 6.32. The maximum atomic E-state index is 13.3. The molecule has 0 radical (unpaired) electrons. The number of nitrogens with zero attached hydrogens (tertiary/aromatic N) is 2. The maximum absolute atomic E-state index is 13.3. The minimum absolute atomic E-state index is 0.0581. The van der Waals surface area contributed by atoms with Gasteiger partial charge in [0.2, 0.25) is 0 Å². The van der Waals surface area contributed by atoms with Crippen molar-refractivity contribution in [3.05, 3.63) is 52.9 Å². The lowest BCUT2D eigenvalue weighted by atomic mass is 9.96. The number of anilines is 1. The first-order valence-electron chi connectivity index (χ1n) is 11.8. The molecule has 0 spiro atoms. The molecule has 2 atom stereocenters. The second-order valence-electron chi connectivity index (χ2n) is 9.63. The summed E-state index contributed by atoms with van der Waals surface area (Å²) in [6.45, 7) is 2.56. The van der Waals surface area contributed by atoms with Gasteiger partial charge in [-0.3, -0.25) is 9.59 Å². The average molecular weight is 525 g/mol. The van der Waals surface area contributed by atoms with Gasteiger partial charge in [0.1, 0.15) is 17.4 Å². The van der Waals surface area contributed by atoms with Crippen molar-refractivity contribution in [1.82, 2.24) is 15.6 Å². The highest BCUT2D eigenvalue weighted by Crippen LogP contribution is 2.39. The smallest absolute Gasteiger partial charge is 0.263 e. The number of piperidine rings is 1. The van der Waals surface area contributed by atoms with Gasteiger partial charge in [0.05, 0.1) is 17.1 Å². The zero-order valence-corrected chi connectivity index (χ0v) is 20.7. The summed E-state index contributed by atoms with van der Waals surface area (Å²) in [7, 11) is 0. The number of ether oxygens (including phenoxy) is 1. The Morgan fingerprint density at radius 1 is 1.19 bits per heavy atom. The Morgan fingerprint density at radius 2 is 1.89 bits per heavy atom. The first kappa shape index (κ1) is 26.1. The third-order valence-corrected chi connectivity index (χ3v) is 6.86. The molecular weight excluding hydrogens is 497 g/mol. The van der Waals surface area contributed by atoms with E-state index < -0.39 is 30.3 Å². The number of rotatable bonds is 8. The van der Waals surface area contributed by atoms with Gasteiger partial charge in [-0.2, -0.15) is 0 Å². The fourth-order valence-electron chi connectivity index (χ4n) is 4.85. The van der Waals surface area contributed by atoms with Gasteiger partial charge in [-0.1, -0.05) is 11.6 Å². The van der Waals surface area contributed by atoms with Crippen LogP contribution in [0.25, 0.3) is 0 Å². The molecule has 194 valence electrons. The molecule has 7 nitrogen and oxygen atoms in total. The van der Waals surface area contributed by atoms with Crippen LogP contribution in [0, 0.1) is 5.82 Å². The molecule has 11 heteroatoms. The Kier molecular flexibility index (Phi) is 7.63. The van der Waals surface area contributed by atoms with E-state index in [9.17, 15) is 22.8 Å². The van der Waals surface area contributed by atoms with E-state index in [4.69, 9.17) is 16.3 Å². The summed E-state index contributed by atoms with van der Waals surface area (Å²) in [4.78, 5) is 31.6. The van der Waals surface area contributed by atoms with E-state index in [1.807, 2.05) is 0 Å². The second-order valence-corrected chi connectivity index (χ2v) is 10.0. The molecule has 0 aliphatic carbocycles. The second kappa shape index (κ2) is 10.5. The molecule has 2 amide bonds. The van der Waals surface area contributed by atoms with Crippen LogP contribution in [0.1, 0.15) is 49.9 Å². The van der Waals surface area contributed by atoms with Crippen LogP contribution in [0.4, 0.5) is 19.0 Å². The summed E-state index contributed by atoms with van der Waals surface area (Å²) in [6, 6.07) is 7.32. The molecule has 3 heterocycles. The number of carbonyl (C=O) groups is 2. The van der Waals surface area contributed by atoms with Gasteiger partial charge in [0.15, 0.2) is 5.60 Å². The van der Waals surface area contributed by atoms with Crippen LogP contribution in [-0.4, -0.2) is 53.5 Å². The van der Waals surface area contributed by atoms with E-state index in [1.54, 1.807) is 26.0 Å². The Morgan fingerprint density at radius 3 is 2.47 bits per heavy atom. The molecule has 1 aromatic heterocycles. The van der Waals surface area contributed by atoms with E-state index in [1.165, 1.54) is 18.3 Å². The van der Waals surface area contributed by atoms with E-state index >= 15 is 0 Å². The lowest BCUT2D eigenvalue weighted by Crippen LogP contribution is -2.55. The van der Waals surface area contributed by atoms with Crippen LogP contribution in [0.15, 0.2) is 36.5 Å². The van der Waals surface area contributed by atoms with Crippen molar-refractivity contribution in [2.75, 3.05) is 11.4 Å². The van der Waals surface area contributed by atoms with Gasteiger partial charge in [-0.15, -0.1) is 0 Å². The SMILES string of the molecule is CC(C)(Oc1ccc(F)cc1Cl)C(=O)NC1CC2CCC(C1)N2c1ccc(C(=O)NCC(F)F)cn1. The zero-order chi connectivity index (χ0) is 26.0. The van der Waals surface area contributed by atoms with Crippen LogP contribution in [-0.2, 0) is 4.79 Å². The van der Waals surface area contributed by atoms with E-state index in [0.29, 0.717) is 18.7 Å². The highest BCUT2D eigenvalue weighted by Gasteiger charge is 2.43. The van der Waals surface area contributed by atoms with Crippen molar-refractivity contribution < 1.29 is 27.5 Å². The molecule has 2 aromatic rings. The number of pyridine rings is 1. The molecule has 2 aliphatic rings. The van der Waals surface area contributed by atoms with Gasteiger partial charge in [-0.05, 0) is 69.9 Å². The Labute approximate surface area is 212 Å². The molecule has 36 heavy (non-hydrogen) atoms. The van der Waals surface area contributed by atoms with Crippen LogP contribution in [0.2, 0.25) is 5.02 Å². The van der Waals surface area contributed by atoms with Crippen molar-refractivity contribution >= 4 is 29.2 Å². The maximum Gasteiger partial charge on any atom is 0.263 e. The fraction of sp³-hybridized carbons (Fsp3) is 0.480. The lowest BCUT2D eigenvalue weighted by molar-refractivity contribution is -0.135. The minimum Gasteiger partial charge on any atom is -0.476 e. The van der Waals surface area contributed by atoms with Crippen molar-refractivity contribution in [3.63, 3.8) is 0 Å². The molecule has 2 unspecified atom stereocenters. The number of amides is 2. The summed E-state index contributed by atoms with van der Waals surface area (Å²) in [5.74, 6) is -0.433. The molecule has 2 fully saturated rings. The molecule has 0 saturated carbocycles. The number of hydrogen-bond donors (Lipinski definition) is 2. The fourth-order valence-corrected chi connectivity index (χ4v) is 5.06. The first-order valence-corrected chi connectivity index (χ1v) is 12.2.